The van der Waals surface area contributed by atoms with Crippen LogP contribution in [0.5, 0.6) is 11.5 Å². The summed E-state index contributed by atoms with van der Waals surface area (Å²) in [5.41, 5.74) is 2.33. The molecule has 0 bridgehead atoms. The third kappa shape index (κ3) is 2.80. The van der Waals surface area contributed by atoms with Gasteiger partial charge in [0.2, 0.25) is 0 Å². The van der Waals surface area contributed by atoms with Crippen molar-refractivity contribution in [3.63, 3.8) is 0 Å². The summed E-state index contributed by atoms with van der Waals surface area (Å²) >= 11 is 0. The summed E-state index contributed by atoms with van der Waals surface area (Å²) in [5.74, 6) is 3.77. The minimum absolute atomic E-state index is 0.142. The number of allylic oxidation sites excluding steroid dienone is 1. The number of terminal acetylenes is 1. The molecule has 0 aliphatic carbocycles. The SMILES string of the molecule is C#CC(CO)=C(C)c1ccc(OC)c(OC)c1. The minimum Gasteiger partial charge on any atom is -0.493 e. The highest BCUT2D eigenvalue weighted by Gasteiger charge is 2.07. The molecule has 0 saturated heterocycles. The largest absolute Gasteiger partial charge is 0.493 e. The molecule has 1 aromatic carbocycles. The quantitative estimate of drug-likeness (QED) is 0.808. The number of benzene rings is 1. The molecule has 0 aliphatic heterocycles. The molecular weight excluding hydrogens is 216 g/mol. The molecule has 17 heavy (non-hydrogen) atoms. The van der Waals surface area contributed by atoms with E-state index in [-0.39, 0.29) is 6.61 Å². The van der Waals surface area contributed by atoms with Crippen molar-refractivity contribution < 1.29 is 14.6 Å². The Morgan fingerprint density at radius 2 is 1.94 bits per heavy atom. The Bertz CT molecular complexity index is 467. The predicted molar refractivity (Wildman–Crippen MR) is 68.1 cm³/mol. The van der Waals surface area contributed by atoms with E-state index >= 15 is 0 Å². The molecule has 0 saturated carbocycles. The smallest absolute Gasteiger partial charge is 0.161 e. The minimum atomic E-state index is -0.142. The molecule has 0 aromatic heterocycles. The van der Waals surface area contributed by atoms with E-state index in [1.807, 2.05) is 25.1 Å². The summed E-state index contributed by atoms with van der Waals surface area (Å²) in [6.07, 6.45) is 5.32. The van der Waals surface area contributed by atoms with E-state index in [2.05, 4.69) is 5.92 Å². The van der Waals surface area contributed by atoms with Gasteiger partial charge >= 0.3 is 0 Å². The van der Waals surface area contributed by atoms with E-state index in [1.54, 1.807) is 14.2 Å². The van der Waals surface area contributed by atoms with Crippen LogP contribution < -0.4 is 9.47 Å². The first-order chi connectivity index (χ1) is 8.17. The molecule has 1 aromatic rings. The van der Waals surface area contributed by atoms with Crippen LogP contribution in [0, 0.1) is 12.3 Å². The van der Waals surface area contributed by atoms with E-state index in [0.29, 0.717) is 17.1 Å². The molecule has 0 unspecified atom stereocenters. The van der Waals surface area contributed by atoms with E-state index in [4.69, 9.17) is 21.0 Å². The predicted octanol–water partition coefficient (Wildman–Crippen LogP) is 2.10. The first-order valence-corrected chi connectivity index (χ1v) is 5.17. The van der Waals surface area contributed by atoms with Gasteiger partial charge in [-0.15, -0.1) is 6.42 Å². The van der Waals surface area contributed by atoms with Crippen LogP contribution in [0.2, 0.25) is 0 Å². The average molecular weight is 232 g/mol. The van der Waals surface area contributed by atoms with Crippen molar-refractivity contribution in [2.24, 2.45) is 0 Å². The highest BCUT2D eigenvalue weighted by atomic mass is 16.5. The first kappa shape index (κ1) is 13.1. The summed E-state index contributed by atoms with van der Waals surface area (Å²) in [4.78, 5) is 0. The maximum atomic E-state index is 9.13. The molecule has 0 amide bonds. The molecule has 1 rings (SSSR count). The van der Waals surface area contributed by atoms with Crippen LogP contribution in [-0.2, 0) is 0 Å². The maximum absolute atomic E-state index is 9.13. The van der Waals surface area contributed by atoms with E-state index in [0.717, 1.165) is 11.1 Å². The normalized spacial score (nSPS) is 11.5. The molecule has 1 N–H and O–H groups in total. The lowest BCUT2D eigenvalue weighted by Gasteiger charge is -2.11. The number of rotatable bonds is 4. The number of methoxy groups -OCH3 is 2. The lowest BCUT2D eigenvalue weighted by atomic mass is 10.0. The highest BCUT2D eigenvalue weighted by Crippen LogP contribution is 2.30. The fraction of sp³-hybridized carbons (Fsp3) is 0.286. The van der Waals surface area contributed by atoms with Gasteiger partial charge in [0, 0.05) is 5.57 Å². The highest BCUT2D eigenvalue weighted by molar-refractivity contribution is 5.72. The van der Waals surface area contributed by atoms with E-state index in [9.17, 15) is 0 Å². The number of ether oxygens (including phenoxy) is 2. The standard InChI is InChI=1S/C14H16O3/c1-5-11(9-15)10(2)12-6-7-13(16-3)14(8-12)17-4/h1,6-8,15H,9H2,2-4H3. The monoisotopic (exact) mass is 232 g/mol. The first-order valence-electron chi connectivity index (χ1n) is 5.17. The van der Waals surface area contributed by atoms with Gasteiger partial charge in [-0.1, -0.05) is 12.0 Å². The fourth-order valence-electron chi connectivity index (χ4n) is 1.52. The van der Waals surface area contributed by atoms with Crippen LogP contribution in [0.25, 0.3) is 5.57 Å². The third-order valence-corrected chi connectivity index (χ3v) is 2.60. The van der Waals surface area contributed by atoms with Crippen molar-refractivity contribution >= 4 is 5.57 Å². The van der Waals surface area contributed by atoms with Gasteiger partial charge in [0.25, 0.3) is 0 Å². The molecule has 0 fully saturated rings. The van der Waals surface area contributed by atoms with E-state index < -0.39 is 0 Å². The van der Waals surface area contributed by atoms with Gasteiger partial charge in [0.15, 0.2) is 11.5 Å². The number of aliphatic hydroxyl groups excluding tert-OH is 1. The number of aliphatic hydroxyl groups is 1. The van der Waals surface area contributed by atoms with Crippen molar-refractivity contribution in [2.75, 3.05) is 20.8 Å². The van der Waals surface area contributed by atoms with Crippen LogP contribution in [0.4, 0.5) is 0 Å². The summed E-state index contributed by atoms with van der Waals surface area (Å²) in [5, 5.41) is 9.13. The summed E-state index contributed by atoms with van der Waals surface area (Å²) < 4.78 is 10.4. The van der Waals surface area contributed by atoms with E-state index in [1.165, 1.54) is 0 Å². The molecule has 0 aliphatic rings. The van der Waals surface area contributed by atoms with Crippen molar-refractivity contribution in [3.05, 3.63) is 29.3 Å². The Morgan fingerprint density at radius 3 is 2.41 bits per heavy atom. The van der Waals surface area contributed by atoms with Gasteiger partial charge in [-0.3, -0.25) is 0 Å². The maximum Gasteiger partial charge on any atom is 0.161 e. The molecular formula is C14H16O3. The van der Waals surface area contributed by atoms with Gasteiger partial charge in [-0.2, -0.15) is 0 Å². The second kappa shape index (κ2) is 5.97. The van der Waals surface area contributed by atoms with Gasteiger partial charge in [0.1, 0.15) is 0 Å². The molecule has 0 heterocycles. The third-order valence-electron chi connectivity index (χ3n) is 2.60. The summed E-state index contributed by atoms with van der Waals surface area (Å²) in [7, 11) is 3.16. The Labute approximate surface area is 102 Å². The lowest BCUT2D eigenvalue weighted by Crippen LogP contribution is -1.95. The van der Waals surface area contributed by atoms with Gasteiger partial charge in [-0.25, -0.2) is 0 Å². The Kier molecular flexibility index (Phi) is 4.62. The van der Waals surface area contributed by atoms with Crippen molar-refractivity contribution in [1.82, 2.24) is 0 Å². The Morgan fingerprint density at radius 1 is 1.29 bits per heavy atom. The molecule has 3 heteroatoms. The van der Waals surface area contributed by atoms with Crippen molar-refractivity contribution in [3.8, 4) is 23.8 Å². The second-order valence-corrected chi connectivity index (χ2v) is 3.48. The van der Waals surface area contributed by atoms with Crippen LogP contribution >= 0.6 is 0 Å². The van der Waals surface area contributed by atoms with Gasteiger partial charge < -0.3 is 14.6 Å². The van der Waals surface area contributed by atoms with Gasteiger partial charge in [-0.05, 0) is 30.2 Å². The van der Waals surface area contributed by atoms with Crippen molar-refractivity contribution in [1.29, 1.82) is 0 Å². The summed E-state index contributed by atoms with van der Waals surface area (Å²) in [6, 6.07) is 5.52. The zero-order valence-corrected chi connectivity index (χ0v) is 10.3. The topological polar surface area (TPSA) is 38.7 Å². The van der Waals surface area contributed by atoms with Crippen LogP contribution in [0.3, 0.4) is 0 Å². The lowest BCUT2D eigenvalue weighted by molar-refractivity contribution is 0.336. The van der Waals surface area contributed by atoms with Gasteiger partial charge in [0.05, 0.1) is 20.8 Å². The average Bonchev–Trinajstić information content (AvgIpc) is 2.39. The Hall–Kier alpha value is -1.92. The van der Waals surface area contributed by atoms with Crippen LogP contribution in [-0.4, -0.2) is 25.9 Å². The molecule has 3 nitrogen and oxygen atoms in total. The number of hydrogen-bond donors (Lipinski definition) is 1. The van der Waals surface area contributed by atoms with Crippen LogP contribution in [0.1, 0.15) is 12.5 Å². The second-order valence-electron chi connectivity index (χ2n) is 3.48. The zero-order valence-electron chi connectivity index (χ0n) is 10.3. The summed E-state index contributed by atoms with van der Waals surface area (Å²) in [6.45, 7) is 1.73. The fourth-order valence-corrected chi connectivity index (χ4v) is 1.52. The van der Waals surface area contributed by atoms with Crippen molar-refractivity contribution in [2.45, 2.75) is 6.92 Å². The zero-order chi connectivity index (χ0) is 12.8. The molecule has 0 spiro atoms. The molecule has 0 atom stereocenters. The van der Waals surface area contributed by atoms with Crippen LogP contribution in [0.15, 0.2) is 23.8 Å². The number of hydrogen-bond acceptors (Lipinski definition) is 3. The Balaban J connectivity index is 3.26. The molecule has 0 radical (unpaired) electrons. The molecule has 90 valence electrons.